The molecule has 3 nitrogen and oxygen atoms in total. The van der Waals surface area contributed by atoms with Crippen molar-refractivity contribution in [1.82, 2.24) is 10.6 Å². The van der Waals surface area contributed by atoms with E-state index in [1.807, 2.05) is 0 Å². The van der Waals surface area contributed by atoms with Crippen LogP contribution in [0.5, 0.6) is 5.75 Å². The number of piperazine rings is 1. The predicted octanol–water partition coefficient (Wildman–Crippen LogP) is 2.54. The number of nitrogens with one attached hydrogen (secondary N) is 2. The molecule has 106 valence electrons. The quantitative estimate of drug-likeness (QED) is 0.859. The maximum Gasteiger partial charge on any atom is 0.127 e. The van der Waals surface area contributed by atoms with E-state index in [1.165, 1.54) is 16.7 Å². The number of hydrogen-bond donors (Lipinski definition) is 2. The van der Waals surface area contributed by atoms with E-state index in [4.69, 9.17) is 4.74 Å². The molecule has 0 aromatic heterocycles. The second-order valence-corrected chi connectivity index (χ2v) is 6.40. The second kappa shape index (κ2) is 5.51. The molecule has 0 bridgehead atoms. The lowest BCUT2D eigenvalue weighted by molar-refractivity contribution is 0.370. The van der Waals surface area contributed by atoms with Crippen molar-refractivity contribution in [3.8, 4) is 5.75 Å². The van der Waals surface area contributed by atoms with Crippen molar-refractivity contribution in [1.29, 1.82) is 0 Å². The van der Waals surface area contributed by atoms with Crippen LogP contribution in [0.2, 0.25) is 0 Å². The van der Waals surface area contributed by atoms with Gasteiger partial charge in [0.1, 0.15) is 5.75 Å². The summed E-state index contributed by atoms with van der Waals surface area (Å²) in [5.41, 5.74) is 3.96. The Kier molecular flexibility index (Phi) is 4.16. The average Bonchev–Trinajstić information content (AvgIpc) is 2.37. The summed E-state index contributed by atoms with van der Waals surface area (Å²) in [5.74, 6) is 1.04. The van der Waals surface area contributed by atoms with Gasteiger partial charge >= 0.3 is 0 Å². The zero-order valence-corrected chi connectivity index (χ0v) is 12.8. The van der Waals surface area contributed by atoms with Crippen molar-refractivity contribution >= 4 is 0 Å². The lowest BCUT2D eigenvalue weighted by atomic mass is 9.83. The molecular formula is C16H26N2O. The molecule has 3 heteroatoms. The maximum atomic E-state index is 5.74. The summed E-state index contributed by atoms with van der Waals surface area (Å²) >= 11 is 0. The molecule has 0 radical (unpaired) electrons. The van der Waals surface area contributed by atoms with Gasteiger partial charge in [-0.15, -0.1) is 0 Å². The van der Waals surface area contributed by atoms with Crippen molar-refractivity contribution in [2.24, 2.45) is 0 Å². The standard InChI is InChI=1S/C16H26N2O/c1-11-8-12(14-10-17-6-7-18-14)15(19-5)13(9-11)16(2,3)4/h8-9,14,17-18H,6-7,10H2,1-5H3. The van der Waals surface area contributed by atoms with Crippen LogP contribution in [0, 0.1) is 6.92 Å². The fourth-order valence-electron chi connectivity index (χ4n) is 2.72. The molecular weight excluding hydrogens is 236 g/mol. The smallest absolute Gasteiger partial charge is 0.127 e. The highest BCUT2D eigenvalue weighted by Crippen LogP contribution is 2.37. The van der Waals surface area contributed by atoms with Gasteiger partial charge in [-0.1, -0.05) is 38.5 Å². The van der Waals surface area contributed by atoms with Crippen LogP contribution >= 0.6 is 0 Å². The molecule has 0 spiro atoms. The lowest BCUT2D eigenvalue weighted by Gasteiger charge is -2.30. The second-order valence-electron chi connectivity index (χ2n) is 6.40. The third-order valence-electron chi connectivity index (χ3n) is 3.69. The summed E-state index contributed by atoms with van der Waals surface area (Å²) in [6, 6.07) is 4.84. The molecule has 1 aromatic carbocycles. The third-order valence-corrected chi connectivity index (χ3v) is 3.69. The van der Waals surface area contributed by atoms with E-state index in [1.54, 1.807) is 7.11 Å². The zero-order chi connectivity index (χ0) is 14.0. The molecule has 19 heavy (non-hydrogen) atoms. The monoisotopic (exact) mass is 262 g/mol. The van der Waals surface area contributed by atoms with Crippen LogP contribution in [0.1, 0.15) is 43.5 Å². The molecule has 0 amide bonds. The molecule has 0 saturated carbocycles. The molecule has 1 aromatic rings. The Morgan fingerprint density at radius 1 is 1.21 bits per heavy atom. The molecule has 2 rings (SSSR count). The third kappa shape index (κ3) is 3.10. The topological polar surface area (TPSA) is 33.3 Å². The molecule has 1 fully saturated rings. The van der Waals surface area contributed by atoms with Gasteiger partial charge in [0, 0.05) is 36.8 Å². The summed E-state index contributed by atoms with van der Waals surface area (Å²) in [4.78, 5) is 0. The SMILES string of the molecule is COc1c(C2CNCCN2)cc(C)cc1C(C)(C)C. The van der Waals surface area contributed by atoms with Crippen molar-refractivity contribution in [2.75, 3.05) is 26.7 Å². The summed E-state index contributed by atoms with van der Waals surface area (Å²) in [5, 5.41) is 7.02. The fourth-order valence-corrected chi connectivity index (χ4v) is 2.72. The Labute approximate surface area is 116 Å². The Bertz CT molecular complexity index is 443. The van der Waals surface area contributed by atoms with Crippen LogP contribution in [0.25, 0.3) is 0 Å². The van der Waals surface area contributed by atoms with Gasteiger partial charge in [0.25, 0.3) is 0 Å². The number of ether oxygens (including phenoxy) is 1. The van der Waals surface area contributed by atoms with Gasteiger partial charge in [-0.3, -0.25) is 0 Å². The van der Waals surface area contributed by atoms with Crippen molar-refractivity contribution in [3.63, 3.8) is 0 Å². The van der Waals surface area contributed by atoms with E-state index >= 15 is 0 Å². The Balaban J connectivity index is 2.50. The van der Waals surface area contributed by atoms with Crippen LogP contribution in [0.3, 0.4) is 0 Å². The van der Waals surface area contributed by atoms with Crippen LogP contribution in [0.15, 0.2) is 12.1 Å². The van der Waals surface area contributed by atoms with Gasteiger partial charge in [-0.05, 0) is 12.3 Å². The van der Waals surface area contributed by atoms with E-state index in [-0.39, 0.29) is 5.41 Å². The van der Waals surface area contributed by atoms with E-state index < -0.39 is 0 Å². The first-order valence-corrected chi connectivity index (χ1v) is 7.06. The number of methoxy groups -OCH3 is 1. The Hall–Kier alpha value is -1.06. The highest BCUT2D eigenvalue weighted by molar-refractivity contribution is 5.49. The summed E-state index contributed by atoms with van der Waals surface area (Å²) < 4.78 is 5.74. The van der Waals surface area contributed by atoms with Crippen LogP contribution in [-0.4, -0.2) is 26.7 Å². The average molecular weight is 262 g/mol. The molecule has 1 unspecified atom stereocenters. The molecule has 2 N–H and O–H groups in total. The summed E-state index contributed by atoms with van der Waals surface area (Å²) in [6.07, 6.45) is 0. The van der Waals surface area contributed by atoms with Gasteiger partial charge in [-0.2, -0.15) is 0 Å². The van der Waals surface area contributed by atoms with Crippen molar-refractivity contribution < 1.29 is 4.74 Å². The molecule has 0 aliphatic carbocycles. The number of hydrogen-bond acceptors (Lipinski definition) is 3. The van der Waals surface area contributed by atoms with E-state index in [9.17, 15) is 0 Å². The normalized spacial score (nSPS) is 20.4. The van der Waals surface area contributed by atoms with Gasteiger partial charge in [-0.25, -0.2) is 0 Å². The van der Waals surface area contributed by atoms with Crippen molar-refractivity contribution in [2.45, 2.75) is 39.2 Å². The molecule has 1 heterocycles. The summed E-state index contributed by atoms with van der Waals surface area (Å²) in [6.45, 7) is 11.9. The van der Waals surface area contributed by atoms with Crippen molar-refractivity contribution in [3.05, 3.63) is 28.8 Å². The van der Waals surface area contributed by atoms with Crippen LogP contribution in [-0.2, 0) is 5.41 Å². The maximum absolute atomic E-state index is 5.74. The first-order chi connectivity index (χ1) is 8.93. The van der Waals surface area contributed by atoms with Gasteiger partial charge in [0.05, 0.1) is 7.11 Å². The van der Waals surface area contributed by atoms with Crippen LogP contribution < -0.4 is 15.4 Å². The largest absolute Gasteiger partial charge is 0.496 e. The Morgan fingerprint density at radius 3 is 2.47 bits per heavy atom. The minimum absolute atomic E-state index is 0.0915. The zero-order valence-electron chi connectivity index (χ0n) is 12.8. The first-order valence-electron chi connectivity index (χ1n) is 7.06. The van der Waals surface area contributed by atoms with E-state index in [2.05, 4.69) is 50.5 Å². The fraction of sp³-hybridized carbons (Fsp3) is 0.625. The minimum Gasteiger partial charge on any atom is -0.496 e. The predicted molar refractivity (Wildman–Crippen MR) is 80.0 cm³/mol. The molecule has 1 atom stereocenters. The van der Waals surface area contributed by atoms with Gasteiger partial charge in [0.2, 0.25) is 0 Å². The van der Waals surface area contributed by atoms with E-state index in [0.29, 0.717) is 6.04 Å². The highest BCUT2D eigenvalue weighted by Gasteiger charge is 2.25. The van der Waals surface area contributed by atoms with Crippen LogP contribution in [0.4, 0.5) is 0 Å². The highest BCUT2D eigenvalue weighted by atomic mass is 16.5. The first kappa shape index (κ1) is 14.4. The molecule has 1 saturated heterocycles. The number of rotatable bonds is 2. The van der Waals surface area contributed by atoms with Gasteiger partial charge in [0.15, 0.2) is 0 Å². The Morgan fingerprint density at radius 2 is 1.95 bits per heavy atom. The summed E-state index contributed by atoms with van der Waals surface area (Å²) in [7, 11) is 1.78. The van der Waals surface area contributed by atoms with Gasteiger partial charge < -0.3 is 15.4 Å². The lowest BCUT2D eigenvalue weighted by Crippen LogP contribution is -2.42. The minimum atomic E-state index is 0.0915. The van der Waals surface area contributed by atoms with E-state index in [0.717, 1.165) is 25.4 Å². The molecule has 1 aliphatic heterocycles. The number of aryl methyl sites for hydroxylation is 1. The number of benzene rings is 1. The molecule has 1 aliphatic rings.